The second-order valence-electron chi connectivity index (χ2n) is 6.10. The average Bonchev–Trinajstić information content (AvgIpc) is 3.12. The number of anilines is 1. The number of aromatic nitrogens is 3. The number of benzene rings is 1. The van der Waals surface area contributed by atoms with Crippen LogP contribution in [-0.4, -0.2) is 34.1 Å². The van der Waals surface area contributed by atoms with Gasteiger partial charge in [-0.15, -0.1) is 0 Å². The van der Waals surface area contributed by atoms with Crippen LogP contribution in [0.2, 0.25) is 0 Å². The molecule has 26 heavy (non-hydrogen) atoms. The van der Waals surface area contributed by atoms with Crippen molar-refractivity contribution in [3.8, 4) is 11.5 Å². The molecule has 0 aliphatic heterocycles. The summed E-state index contributed by atoms with van der Waals surface area (Å²) >= 11 is 0. The number of nitrogens with zero attached hydrogens (tertiary/aromatic N) is 3. The van der Waals surface area contributed by atoms with Gasteiger partial charge in [0.25, 0.3) is 11.8 Å². The van der Waals surface area contributed by atoms with Crippen molar-refractivity contribution in [2.75, 3.05) is 12.4 Å². The van der Waals surface area contributed by atoms with Gasteiger partial charge >= 0.3 is 0 Å². The SMILES string of the molecule is CNC(C)Cc1noc(-c2cccc(C)c2NC(=O)c2ccncc2)n1. The second kappa shape index (κ2) is 7.88. The molecule has 2 N–H and O–H groups in total. The van der Waals surface area contributed by atoms with E-state index >= 15 is 0 Å². The van der Waals surface area contributed by atoms with Crippen LogP contribution in [-0.2, 0) is 6.42 Å². The molecule has 1 atom stereocenters. The summed E-state index contributed by atoms with van der Waals surface area (Å²) in [5.74, 6) is 0.790. The molecule has 134 valence electrons. The fourth-order valence-corrected chi connectivity index (χ4v) is 2.52. The van der Waals surface area contributed by atoms with Gasteiger partial charge in [0.2, 0.25) is 0 Å². The van der Waals surface area contributed by atoms with Crippen molar-refractivity contribution in [3.05, 3.63) is 59.7 Å². The third kappa shape index (κ3) is 3.94. The molecular weight excluding hydrogens is 330 g/mol. The van der Waals surface area contributed by atoms with Crippen molar-refractivity contribution in [2.24, 2.45) is 0 Å². The number of carbonyl (C=O) groups excluding carboxylic acids is 1. The van der Waals surface area contributed by atoms with Crippen molar-refractivity contribution >= 4 is 11.6 Å². The molecule has 2 heterocycles. The van der Waals surface area contributed by atoms with Crippen molar-refractivity contribution in [3.63, 3.8) is 0 Å². The Labute approximate surface area is 151 Å². The quantitative estimate of drug-likeness (QED) is 0.709. The van der Waals surface area contributed by atoms with Gasteiger partial charge in [-0.25, -0.2) is 0 Å². The van der Waals surface area contributed by atoms with E-state index in [1.54, 1.807) is 24.5 Å². The minimum Gasteiger partial charge on any atom is -0.334 e. The fraction of sp³-hybridized carbons (Fsp3) is 0.263. The zero-order chi connectivity index (χ0) is 18.5. The predicted octanol–water partition coefficient (Wildman–Crippen LogP) is 2.84. The van der Waals surface area contributed by atoms with Crippen LogP contribution in [0.5, 0.6) is 0 Å². The van der Waals surface area contributed by atoms with Crippen LogP contribution in [0.4, 0.5) is 5.69 Å². The summed E-state index contributed by atoms with van der Waals surface area (Å²) in [5, 5.41) is 10.1. The van der Waals surface area contributed by atoms with Crippen molar-refractivity contribution < 1.29 is 9.32 Å². The maximum atomic E-state index is 12.5. The van der Waals surface area contributed by atoms with Crippen LogP contribution < -0.4 is 10.6 Å². The molecule has 0 bridgehead atoms. The number of carbonyl (C=O) groups is 1. The molecule has 3 aromatic rings. The molecule has 1 amide bonds. The molecular formula is C19H21N5O2. The highest BCUT2D eigenvalue weighted by Gasteiger charge is 2.18. The van der Waals surface area contributed by atoms with Gasteiger partial charge in [-0.3, -0.25) is 9.78 Å². The van der Waals surface area contributed by atoms with E-state index in [0.29, 0.717) is 35.0 Å². The first-order chi connectivity index (χ1) is 12.6. The summed E-state index contributed by atoms with van der Waals surface area (Å²) in [7, 11) is 1.89. The maximum Gasteiger partial charge on any atom is 0.260 e. The van der Waals surface area contributed by atoms with Crippen LogP contribution in [0.1, 0.15) is 28.7 Å². The number of nitrogens with one attached hydrogen (secondary N) is 2. The van der Waals surface area contributed by atoms with Gasteiger partial charge in [-0.05, 0) is 44.7 Å². The van der Waals surface area contributed by atoms with Crippen molar-refractivity contribution in [1.29, 1.82) is 0 Å². The standard InChI is InChI=1S/C19H21N5O2/c1-12-5-4-6-15(19-22-16(24-26-19)11-13(2)20-3)17(12)23-18(25)14-7-9-21-10-8-14/h4-10,13,20H,11H2,1-3H3,(H,23,25). The van der Waals surface area contributed by atoms with E-state index in [9.17, 15) is 4.79 Å². The Bertz CT molecular complexity index is 892. The van der Waals surface area contributed by atoms with E-state index in [-0.39, 0.29) is 11.9 Å². The smallest absolute Gasteiger partial charge is 0.260 e. The molecule has 7 nitrogen and oxygen atoms in total. The first-order valence-corrected chi connectivity index (χ1v) is 8.39. The highest BCUT2D eigenvalue weighted by molar-refractivity contribution is 6.06. The Morgan fingerprint density at radius 2 is 2.00 bits per heavy atom. The third-order valence-electron chi connectivity index (χ3n) is 4.13. The summed E-state index contributed by atoms with van der Waals surface area (Å²) in [6.07, 6.45) is 3.83. The molecule has 1 aromatic carbocycles. The first-order valence-electron chi connectivity index (χ1n) is 8.39. The lowest BCUT2D eigenvalue weighted by atomic mass is 10.1. The van der Waals surface area contributed by atoms with E-state index in [1.165, 1.54) is 0 Å². The molecule has 3 rings (SSSR count). The highest BCUT2D eigenvalue weighted by atomic mass is 16.5. The predicted molar refractivity (Wildman–Crippen MR) is 98.9 cm³/mol. The van der Waals surface area contributed by atoms with Crippen LogP contribution in [0.15, 0.2) is 47.2 Å². The number of pyridine rings is 1. The fourth-order valence-electron chi connectivity index (χ4n) is 2.52. The Morgan fingerprint density at radius 1 is 1.23 bits per heavy atom. The normalized spacial score (nSPS) is 12.0. The lowest BCUT2D eigenvalue weighted by Gasteiger charge is -2.11. The number of hydrogen-bond donors (Lipinski definition) is 2. The van der Waals surface area contributed by atoms with Crippen molar-refractivity contribution in [2.45, 2.75) is 26.3 Å². The number of hydrogen-bond acceptors (Lipinski definition) is 6. The Hall–Kier alpha value is -3.06. The summed E-state index contributed by atoms with van der Waals surface area (Å²) in [4.78, 5) is 20.9. The summed E-state index contributed by atoms with van der Waals surface area (Å²) in [6, 6.07) is 9.24. The lowest BCUT2D eigenvalue weighted by molar-refractivity contribution is 0.102. The highest BCUT2D eigenvalue weighted by Crippen LogP contribution is 2.30. The van der Waals surface area contributed by atoms with Crippen LogP contribution in [0.25, 0.3) is 11.5 Å². The zero-order valence-electron chi connectivity index (χ0n) is 15.0. The first kappa shape index (κ1) is 17.8. The van der Waals surface area contributed by atoms with Crippen LogP contribution in [0, 0.1) is 6.92 Å². The number of aryl methyl sites for hydroxylation is 1. The van der Waals surface area contributed by atoms with Gasteiger partial charge < -0.3 is 15.2 Å². The lowest BCUT2D eigenvalue weighted by Crippen LogP contribution is -2.24. The second-order valence-corrected chi connectivity index (χ2v) is 6.10. The molecule has 0 aliphatic carbocycles. The maximum absolute atomic E-state index is 12.5. The topological polar surface area (TPSA) is 92.9 Å². The van der Waals surface area contributed by atoms with E-state index in [1.807, 2.05) is 39.1 Å². The van der Waals surface area contributed by atoms with E-state index in [4.69, 9.17) is 4.52 Å². The third-order valence-corrected chi connectivity index (χ3v) is 4.13. The van der Waals surface area contributed by atoms with Gasteiger partial charge in [0.05, 0.1) is 11.3 Å². The van der Waals surface area contributed by atoms with Crippen LogP contribution >= 0.6 is 0 Å². The molecule has 2 aromatic heterocycles. The summed E-state index contributed by atoms with van der Waals surface area (Å²) < 4.78 is 5.43. The largest absolute Gasteiger partial charge is 0.334 e. The molecule has 7 heteroatoms. The Balaban J connectivity index is 1.89. The van der Waals surface area contributed by atoms with Gasteiger partial charge in [0.1, 0.15) is 0 Å². The summed E-state index contributed by atoms with van der Waals surface area (Å²) in [6.45, 7) is 3.97. The van der Waals surface area contributed by atoms with Gasteiger partial charge in [-0.2, -0.15) is 4.98 Å². The van der Waals surface area contributed by atoms with E-state index in [2.05, 4.69) is 25.8 Å². The van der Waals surface area contributed by atoms with E-state index in [0.717, 1.165) is 5.56 Å². The zero-order valence-corrected chi connectivity index (χ0v) is 15.0. The number of rotatable bonds is 6. The molecule has 0 saturated heterocycles. The number of likely N-dealkylation sites (N-methyl/N-ethyl adjacent to an activating group) is 1. The van der Waals surface area contributed by atoms with Gasteiger partial charge in [-0.1, -0.05) is 17.3 Å². The summed E-state index contributed by atoms with van der Waals surface area (Å²) in [5.41, 5.74) is 2.80. The van der Waals surface area contributed by atoms with Gasteiger partial charge in [0.15, 0.2) is 5.82 Å². The average molecular weight is 351 g/mol. The number of para-hydroxylation sites is 1. The molecule has 0 spiro atoms. The number of amides is 1. The minimum atomic E-state index is -0.216. The molecule has 0 saturated carbocycles. The molecule has 0 radical (unpaired) electrons. The van der Waals surface area contributed by atoms with Crippen molar-refractivity contribution in [1.82, 2.24) is 20.4 Å². The monoisotopic (exact) mass is 351 g/mol. The van der Waals surface area contributed by atoms with E-state index < -0.39 is 0 Å². The Kier molecular flexibility index (Phi) is 5.38. The molecule has 1 unspecified atom stereocenters. The minimum absolute atomic E-state index is 0.216. The van der Waals surface area contributed by atoms with Crippen LogP contribution in [0.3, 0.4) is 0 Å². The Morgan fingerprint density at radius 3 is 2.73 bits per heavy atom. The molecule has 0 aliphatic rings. The van der Waals surface area contributed by atoms with Gasteiger partial charge in [0, 0.05) is 30.4 Å². The molecule has 0 fully saturated rings.